The monoisotopic (exact) mass is 401 g/mol. The van der Waals surface area contributed by atoms with Crippen LogP contribution in [0.3, 0.4) is 0 Å². The Hall–Kier alpha value is -1.70. The highest BCUT2D eigenvalue weighted by atomic mass is 79.9. The minimum absolute atomic E-state index is 0.0143. The van der Waals surface area contributed by atoms with Crippen LogP contribution in [0.4, 0.5) is 11.5 Å². The molecular formula is C16H24BrN3O4. The third kappa shape index (κ3) is 5.74. The zero-order valence-electron chi connectivity index (χ0n) is 14.3. The first-order chi connectivity index (χ1) is 11.5. The summed E-state index contributed by atoms with van der Waals surface area (Å²) in [5.74, 6) is 0.492. The van der Waals surface area contributed by atoms with Gasteiger partial charge in [-0.2, -0.15) is 0 Å². The Morgan fingerprint density at radius 1 is 1.38 bits per heavy atom. The number of nitrogens with zero attached hydrogens (tertiary/aromatic N) is 2. The average Bonchev–Trinajstić information content (AvgIpc) is 2.61. The Morgan fingerprint density at radius 2 is 2.00 bits per heavy atom. The number of carbonyl (C=O) groups excluding carboxylic acids is 1. The largest absolute Gasteiger partial charge is 0.469 e. The molecule has 1 aliphatic rings. The molecule has 0 bridgehead atoms. The van der Waals surface area contributed by atoms with Gasteiger partial charge in [0, 0.05) is 12.6 Å². The average molecular weight is 402 g/mol. The second kappa shape index (κ2) is 10.2. The van der Waals surface area contributed by atoms with Gasteiger partial charge in [-0.3, -0.25) is 14.9 Å². The molecule has 0 unspecified atom stereocenters. The van der Waals surface area contributed by atoms with Crippen LogP contribution in [0, 0.1) is 22.0 Å². The van der Waals surface area contributed by atoms with Crippen molar-refractivity contribution in [3.05, 3.63) is 26.9 Å². The Kier molecular flexibility index (Phi) is 8.67. The van der Waals surface area contributed by atoms with Crippen molar-refractivity contribution in [3.63, 3.8) is 0 Å². The van der Waals surface area contributed by atoms with Crippen LogP contribution >= 0.6 is 15.9 Å². The third-order valence-corrected chi connectivity index (χ3v) is 4.42. The molecule has 134 valence electrons. The molecule has 0 aliphatic heterocycles. The summed E-state index contributed by atoms with van der Waals surface area (Å²) in [6.45, 7) is 4.61. The van der Waals surface area contributed by atoms with Gasteiger partial charge in [0.25, 0.3) is 0 Å². The number of methoxy groups -OCH3 is 1. The predicted molar refractivity (Wildman–Crippen MR) is 95.9 cm³/mol. The van der Waals surface area contributed by atoms with E-state index in [9.17, 15) is 14.9 Å². The van der Waals surface area contributed by atoms with Crippen molar-refractivity contribution < 1.29 is 14.5 Å². The summed E-state index contributed by atoms with van der Waals surface area (Å²) >= 11 is 3.22. The molecule has 2 rings (SSSR count). The number of hydrogen-bond donors (Lipinski definition) is 1. The number of halogens is 1. The highest BCUT2D eigenvalue weighted by Crippen LogP contribution is 2.31. The minimum atomic E-state index is -0.448. The molecule has 0 spiro atoms. The molecule has 1 N–H and O–H groups in total. The zero-order chi connectivity index (χ0) is 18.1. The van der Waals surface area contributed by atoms with Gasteiger partial charge in [-0.1, -0.05) is 13.8 Å². The second-order valence-corrected chi connectivity index (χ2v) is 6.19. The fourth-order valence-corrected chi connectivity index (χ4v) is 3.02. The van der Waals surface area contributed by atoms with Gasteiger partial charge in [-0.25, -0.2) is 4.98 Å². The molecule has 1 saturated carbocycles. The van der Waals surface area contributed by atoms with Crippen LogP contribution in [0.15, 0.2) is 16.7 Å². The molecule has 1 fully saturated rings. The van der Waals surface area contributed by atoms with Crippen LogP contribution in [-0.2, 0) is 9.53 Å². The number of hydrogen-bond acceptors (Lipinski definition) is 6. The van der Waals surface area contributed by atoms with Crippen molar-refractivity contribution >= 4 is 33.4 Å². The molecule has 0 radical (unpaired) electrons. The van der Waals surface area contributed by atoms with Gasteiger partial charge in [0.05, 0.1) is 18.0 Å². The van der Waals surface area contributed by atoms with Gasteiger partial charge in [-0.05, 0) is 53.6 Å². The van der Waals surface area contributed by atoms with E-state index in [2.05, 4.69) is 26.2 Å². The number of anilines is 1. The van der Waals surface area contributed by atoms with Crippen molar-refractivity contribution in [2.45, 2.75) is 39.5 Å². The molecule has 0 saturated heterocycles. The fourth-order valence-electron chi connectivity index (χ4n) is 2.72. The molecule has 0 amide bonds. The molecule has 7 nitrogen and oxygen atoms in total. The van der Waals surface area contributed by atoms with E-state index in [1.165, 1.54) is 13.2 Å². The Morgan fingerprint density at radius 3 is 2.54 bits per heavy atom. The van der Waals surface area contributed by atoms with Gasteiger partial charge in [-0.15, -0.1) is 0 Å². The van der Waals surface area contributed by atoms with Crippen molar-refractivity contribution in [3.8, 4) is 0 Å². The van der Waals surface area contributed by atoms with E-state index in [-0.39, 0.29) is 23.4 Å². The number of ether oxygens (including phenoxy) is 1. The van der Waals surface area contributed by atoms with Gasteiger partial charge in [0.2, 0.25) is 5.82 Å². The van der Waals surface area contributed by atoms with Crippen molar-refractivity contribution in [2.24, 2.45) is 11.8 Å². The standard InChI is InChI=1S/C14H18BrN3O4.C2H6/c1-22-14(19)10-4-2-9(3-5-10)8-16-13-11(18(20)21)6-7-12(15)17-13;1-2/h6-7,9-10H,2-5,8H2,1H3,(H,16,17);1-2H3. The van der Waals surface area contributed by atoms with Crippen LogP contribution < -0.4 is 5.32 Å². The number of rotatable bonds is 5. The van der Waals surface area contributed by atoms with Gasteiger partial charge in [0.15, 0.2) is 0 Å². The summed E-state index contributed by atoms with van der Waals surface area (Å²) in [6.07, 6.45) is 3.39. The van der Waals surface area contributed by atoms with Crippen LogP contribution in [-0.4, -0.2) is 29.5 Å². The first-order valence-electron chi connectivity index (χ1n) is 8.14. The lowest BCUT2D eigenvalue weighted by molar-refractivity contribution is -0.384. The van der Waals surface area contributed by atoms with E-state index in [0.717, 1.165) is 25.7 Å². The Bertz CT molecular complexity index is 560. The molecule has 1 aliphatic carbocycles. The smallest absolute Gasteiger partial charge is 0.311 e. The summed E-state index contributed by atoms with van der Waals surface area (Å²) in [4.78, 5) is 26.2. The maximum absolute atomic E-state index is 11.5. The molecule has 0 aromatic carbocycles. The van der Waals surface area contributed by atoms with E-state index in [0.29, 0.717) is 17.1 Å². The number of nitro groups is 1. The summed E-state index contributed by atoms with van der Waals surface area (Å²) in [5.41, 5.74) is -0.0357. The molecule has 1 heterocycles. The summed E-state index contributed by atoms with van der Waals surface area (Å²) in [7, 11) is 1.41. The molecule has 1 aromatic heterocycles. The van der Waals surface area contributed by atoms with Crippen LogP contribution in [0.2, 0.25) is 0 Å². The normalized spacial score (nSPS) is 19.7. The van der Waals surface area contributed by atoms with E-state index in [1.807, 2.05) is 13.8 Å². The van der Waals surface area contributed by atoms with Crippen LogP contribution in [0.25, 0.3) is 0 Å². The van der Waals surface area contributed by atoms with Crippen molar-refractivity contribution in [1.82, 2.24) is 4.98 Å². The zero-order valence-corrected chi connectivity index (χ0v) is 15.8. The molecule has 0 atom stereocenters. The number of pyridine rings is 1. The molecule has 1 aromatic rings. The summed E-state index contributed by atoms with van der Waals surface area (Å²) in [6, 6.07) is 2.97. The van der Waals surface area contributed by atoms with Gasteiger partial charge >= 0.3 is 11.7 Å². The molecule has 8 heteroatoms. The lowest BCUT2D eigenvalue weighted by Gasteiger charge is -2.27. The molecule has 24 heavy (non-hydrogen) atoms. The van der Waals surface area contributed by atoms with Crippen LogP contribution in [0.5, 0.6) is 0 Å². The number of esters is 1. The quantitative estimate of drug-likeness (QED) is 0.344. The Balaban J connectivity index is 0.00000139. The maximum Gasteiger partial charge on any atom is 0.311 e. The Labute approximate surface area is 150 Å². The highest BCUT2D eigenvalue weighted by Gasteiger charge is 2.27. The van der Waals surface area contributed by atoms with Crippen LogP contribution in [0.1, 0.15) is 39.5 Å². The van der Waals surface area contributed by atoms with E-state index >= 15 is 0 Å². The minimum Gasteiger partial charge on any atom is -0.469 e. The number of aromatic nitrogens is 1. The number of carbonyl (C=O) groups is 1. The predicted octanol–water partition coefficient (Wildman–Crippen LogP) is 4.17. The first kappa shape index (κ1) is 20.3. The maximum atomic E-state index is 11.5. The topological polar surface area (TPSA) is 94.4 Å². The van der Waals surface area contributed by atoms with E-state index < -0.39 is 4.92 Å². The van der Waals surface area contributed by atoms with Gasteiger partial charge < -0.3 is 10.1 Å². The van der Waals surface area contributed by atoms with E-state index in [4.69, 9.17) is 4.74 Å². The fraction of sp³-hybridized carbons (Fsp3) is 0.625. The van der Waals surface area contributed by atoms with Gasteiger partial charge in [0.1, 0.15) is 4.60 Å². The van der Waals surface area contributed by atoms with Crippen molar-refractivity contribution in [2.75, 3.05) is 19.0 Å². The first-order valence-corrected chi connectivity index (χ1v) is 8.93. The number of nitrogens with one attached hydrogen (secondary N) is 1. The third-order valence-electron chi connectivity index (χ3n) is 3.98. The SMILES string of the molecule is CC.COC(=O)C1CCC(CNc2nc(Br)ccc2[N+](=O)[O-])CC1. The second-order valence-electron chi connectivity index (χ2n) is 5.38. The lowest BCUT2D eigenvalue weighted by atomic mass is 9.82. The summed E-state index contributed by atoms with van der Waals surface area (Å²) in [5, 5.41) is 14.1. The molecular weight excluding hydrogens is 378 g/mol. The van der Waals surface area contributed by atoms with Crippen molar-refractivity contribution in [1.29, 1.82) is 0 Å². The van der Waals surface area contributed by atoms with E-state index in [1.54, 1.807) is 6.07 Å². The lowest BCUT2D eigenvalue weighted by Crippen LogP contribution is -2.26. The summed E-state index contributed by atoms with van der Waals surface area (Å²) < 4.78 is 5.32. The highest BCUT2D eigenvalue weighted by molar-refractivity contribution is 9.10.